The number of nitrogens with zero attached hydrogens (tertiary/aromatic N) is 2. The lowest BCUT2D eigenvalue weighted by Crippen LogP contribution is -2.20. The summed E-state index contributed by atoms with van der Waals surface area (Å²) in [4.78, 5) is 7.93. The monoisotopic (exact) mass is 205 g/mol. The van der Waals surface area contributed by atoms with Crippen LogP contribution in [-0.2, 0) is 0 Å². The lowest BCUT2D eigenvalue weighted by molar-refractivity contribution is 0.150. The maximum Gasteiger partial charge on any atom is 0.229 e. The zero-order valence-corrected chi connectivity index (χ0v) is 8.05. The summed E-state index contributed by atoms with van der Waals surface area (Å²) >= 11 is 0. The molecule has 1 aliphatic heterocycles. The van der Waals surface area contributed by atoms with Crippen LogP contribution in [0.5, 0.6) is 0 Å². The quantitative estimate of drug-likeness (QED) is 0.714. The van der Waals surface area contributed by atoms with E-state index in [2.05, 4.69) is 15.3 Å². The molecular weight excluding hydrogens is 194 g/mol. The summed E-state index contributed by atoms with van der Waals surface area (Å²) in [6, 6.07) is 1.76. The predicted molar refractivity (Wildman–Crippen MR) is 53.2 cm³/mol. The van der Waals surface area contributed by atoms with Gasteiger partial charge in [-0.3, -0.25) is 0 Å². The number of rotatable bonds is 1. The van der Waals surface area contributed by atoms with Gasteiger partial charge in [-0.15, -0.1) is 0 Å². The van der Waals surface area contributed by atoms with Gasteiger partial charge in [-0.25, -0.2) is 9.97 Å². The van der Waals surface area contributed by atoms with Crippen molar-refractivity contribution < 1.29 is 9.52 Å². The Morgan fingerprint density at radius 3 is 3.20 bits per heavy atom. The molecule has 2 atom stereocenters. The van der Waals surface area contributed by atoms with Gasteiger partial charge in [0.25, 0.3) is 0 Å². The summed E-state index contributed by atoms with van der Waals surface area (Å²) in [5, 5.41) is 13.8. The Balaban J connectivity index is 2.04. The molecule has 2 aromatic heterocycles. The zero-order valence-electron chi connectivity index (χ0n) is 8.05. The summed E-state index contributed by atoms with van der Waals surface area (Å²) in [7, 11) is 0. The maximum atomic E-state index is 9.71. The average Bonchev–Trinajstić information content (AvgIpc) is 2.82. The molecule has 0 saturated carbocycles. The summed E-state index contributed by atoms with van der Waals surface area (Å²) in [6.07, 6.45) is 3.54. The van der Waals surface area contributed by atoms with Gasteiger partial charge >= 0.3 is 0 Å². The van der Waals surface area contributed by atoms with Crippen LogP contribution in [0.1, 0.15) is 18.2 Å². The normalized spacial score (nSPS) is 26.2. The van der Waals surface area contributed by atoms with Crippen LogP contribution in [0, 0.1) is 0 Å². The van der Waals surface area contributed by atoms with E-state index in [1.54, 1.807) is 6.20 Å². The van der Waals surface area contributed by atoms with Crippen LogP contribution < -0.4 is 5.32 Å². The van der Waals surface area contributed by atoms with Crippen LogP contribution in [-0.4, -0.2) is 27.7 Å². The van der Waals surface area contributed by atoms with E-state index in [1.807, 2.05) is 6.07 Å². The molecule has 2 N–H and O–H groups in total. The predicted octanol–water partition coefficient (Wildman–Crippen LogP) is 0.618. The van der Waals surface area contributed by atoms with E-state index in [-0.39, 0.29) is 12.1 Å². The minimum atomic E-state index is -0.376. The largest absolute Gasteiger partial charge is 0.441 e. The van der Waals surface area contributed by atoms with Crippen LogP contribution >= 0.6 is 0 Å². The maximum absolute atomic E-state index is 9.71. The molecule has 0 aromatic carbocycles. The Morgan fingerprint density at radius 1 is 1.53 bits per heavy atom. The van der Waals surface area contributed by atoms with E-state index < -0.39 is 0 Å². The fourth-order valence-corrected chi connectivity index (χ4v) is 1.94. The third kappa shape index (κ3) is 1.40. The molecule has 2 aromatic rings. The van der Waals surface area contributed by atoms with Crippen molar-refractivity contribution in [2.75, 3.05) is 6.54 Å². The molecule has 1 saturated heterocycles. The molecule has 1 fully saturated rings. The van der Waals surface area contributed by atoms with Gasteiger partial charge in [-0.1, -0.05) is 0 Å². The Morgan fingerprint density at radius 2 is 2.47 bits per heavy atom. The van der Waals surface area contributed by atoms with E-state index in [4.69, 9.17) is 4.42 Å². The third-order valence-corrected chi connectivity index (χ3v) is 2.71. The van der Waals surface area contributed by atoms with E-state index in [1.165, 1.54) is 6.33 Å². The molecule has 3 rings (SSSR count). The molecule has 5 nitrogen and oxygen atoms in total. The molecule has 15 heavy (non-hydrogen) atoms. The number of hydrogen-bond acceptors (Lipinski definition) is 5. The molecular formula is C10H11N3O2. The highest BCUT2D eigenvalue weighted by Crippen LogP contribution is 2.27. The number of hydrogen-bond donors (Lipinski definition) is 2. The summed E-state index contributed by atoms with van der Waals surface area (Å²) in [5.74, 6) is 0.732. The Bertz CT molecular complexity index is 449. The summed E-state index contributed by atoms with van der Waals surface area (Å²) in [5.41, 5.74) is 0.570. The molecule has 0 radical (unpaired) electrons. The standard InChI is InChI=1S/C10H11N3O2/c14-7-1-2-12-9(7)8-3-6-4-11-5-13-10(6)15-8/h3-5,7,9,12,14H,1-2H2. The van der Waals surface area contributed by atoms with E-state index in [0.717, 1.165) is 24.1 Å². The second-order valence-electron chi connectivity index (χ2n) is 3.72. The van der Waals surface area contributed by atoms with E-state index in [9.17, 15) is 5.11 Å². The van der Waals surface area contributed by atoms with Gasteiger partial charge in [0.05, 0.1) is 17.5 Å². The lowest BCUT2D eigenvalue weighted by atomic mass is 10.1. The molecule has 3 heterocycles. The molecule has 1 aliphatic rings. The van der Waals surface area contributed by atoms with Crippen molar-refractivity contribution in [3.05, 3.63) is 24.4 Å². The Hall–Kier alpha value is -1.46. The topological polar surface area (TPSA) is 71.2 Å². The second-order valence-corrected chi connectivity index (χ2v) is 3.72. The summed E-state index contributed by atoms with van der Waals surface area (Å²) < 4.78 is 5.55. The van der Waals surface area contributed by atoms with Gasteiger partial charge < -0.3 is 14.8 Å². The second kappa shape index (κ2) is 3.29. The SMILES string of the molecule is OC1CCNC1c1cc2cncnc2o1. The highest BCUT2D eigenvalue weighted by Gasteiger charge is 2.29. The van der Waals surface area contributed by atoms with Crippen LogP contribution in [0.3, 0.4) is 0 Å². The van der Waals surface area contributed by atoms with Crippen molar-refractivity contribution in [1.29, 1.82) is 0 Å². The van der Waals surface area contributed by atoms with Crippen LogP contribution in [0.4, 0.5) is 0 Å². The van der Waals surface area contributed by atoms with Crippen LogP contribution in [0.2, 0.25) is 0 Å². The molecule has 0 bridgehead atoms. The fraction of sp³-hybridized carbons (Fsp3) is 0.400. The van der Waals surface area contributed by atoms with Crippen molar-refractivity contribution >= 4 is 11.1 Å². The fourth-order valence-electron chi connectivity index (χ4n) is 1.94. The Kier molecular flexibility index (Phi) is 1.93. The first kappa shape index (κ1) is 8.82. The minimum absolute atomic E-state index is 0.112. The first-order chi connectivity index (χ1) is 7.34. The molecule has 0 amide bonds. The molecule has 0 aliphatic carbocycles. The van der Waals surface area contributed by atoms with Crippen molar-refractivity contribution in [3.8, 4) is 0 Å². The first-order valence-electron chi connectivity index (χ1n) is 4.95. The van der Waals surface area contributed by atoms with Crippen molar-refractivity contribution in [3.63, 3.8) is 0 Å². The van der Waals surface area contributed by atoms with Gasteiger partial charge in [-0.2, -0.15) is 0 Å². The lowest BCUT2D eigenvalue weighted by Gasteiger charge is -2.10. The van der Waals surface area contributed by atoms with Gasteiger partial charge in [0.1, 0.15) is 12.1 Å². The average molecular weight is 205 g/mol. The summed E-state index contributed by atoms with van der Waals surface area (Å²) in [6.45, 7) is 0.814. The van der Waals surface area contributed by atoms with Crippen LogP contribution in [0.25, 0.3) is 11.1 Å². The number of aliphatic hydroxyl groups excluding tert-OH is 1. The number of nitrogens with one attached hydrogen (secondary N) is 1. The van der Waals surface area contributed by atoms with Gasteiger partial charge in [0.15, 0.2) is 0 Å². The van der Waals surface area contributed by atoms with Crippen molar-refractivity contribution in [2.24, 2.45) is 0 Å². The molecule has 2 unspecified atom stereocenters. The highest BCUT2D eigenvalue weighted by atomic mass is 16.3. The Labute approximate surface area is 86.1 Å². The number of aliphatic hydroxyl groups is 1. The smallest absolute Gasteiger partial charge is 0.229 e. The first-order valence-corrected chi connectivity index (χ1v) is 4.95. The van der Waals surface area contributed by atoms with Crippen molar-refractivity contribution in [1.82, 2.24) is 15.3 Å². The number of aromatic nitrogens is 2. The van der Waals surface area contributed by atoms with E-state index in [0.29, 0.717) is 5.71 Å². The third-order valence-electron chi connectivity index (χ3n) is 2.71. The zero-order chi connectivity index (χ0) is 10.3. The molecule has 5 heteroatoms. The van der Waals surface area contributed by atoms with Gasteiger partial charge in [-0.05, 0) is 19.0 Å². The van der Waals surface area contributed by atoms with Crippen molar-refractivity contribution in [2.45, 2.75) is 18.6 Å². The van der Waals surface area contributed by atoms with Gasteiger partial charge in [0, 0.05) is 6.20 Å². The molecule has 0 spiro atoms. The number of furan rings is 1. The van der Waals surface area contributed by atoms with Crippen LogP contribution in [0.15, 0.2) is 23.0 Å². The number of fused-ring (bicyclic) bond motifs is 1. The van der Waals surface area contributed by atoms with Gasteiger partial charge in [0.2, 0.25) is 5.71 Å². The molecule has 78 valence electrons. The highest BCUT2D eigenvalue weighted by molar-refractivity contribution is 5.72. The van der Waals surface area contributed by atoms with E-state index >= 15 is 0 Å². The minimum Gasteiger partial charge on any atom is -0.441 e.